The summed E-state index contributed by atoms with van der Waals surface area (Å²) in [5.41, 5.74) is 1.22. The highest BCUT2D eigenvalue weighted by molar-refractivity contribution is 9.10. The zero-order valence-electron chi connectivity index (χ0n) is 13.9. The van der Waals surface area contributed by atoms with Crippen molar-refractivity contribution < 1.29 is 4.92 Å². The van der Waals surface area contributed by atoms with Crippen LogP contribution in [0.2, 0.25) is 0 Å². The van der Waals surface area contributed by atoms with Gasteiger partial charge in [0.2, 0.25) is 0 Å². The molecule has 1 aromatic carbocycles. The van der Waals surface area contributed by atoms with E-state index >= 15 is 0 Å². The monoisotopic (exact) mass is 441 g/mol. The first kappa shape index (κ1) is 23.6. The molecule has 0 spiro atoms. The highest BCUT2D eigenvalue weighted by atomic mass is 79.9. The van der Waals surface area contributed by atoms with Crippen LogP contribution in [0.1, 0.15) is 44.2 Å². The maximum absolute atomic E-state index is 11.2. The highest BCUT2D eigenvalue weighted by Gasteiger charge is 2.24. The lowest BCUT2D eigenvalue weighted by Gasteiger charge is -2.35. The number of hydrogen-bond acceptors (Lipinski definition) is 4. The number of halogens is 3. The molecule has 1 fully saturated rings. The van der Waals surface area contributed by atoms with Gasteiger partial charge in [-0.05, 0) is 34.0 Å². The molecule has 0 aromatic heterocycles. The van der Waals surface area contributed by atoms with Gasteiger partial charge in [-0.15, -0.1) is 24.8 Å². The van der Waals surface area contributed by atoms with Crippen molar-refractivity contribution in [1.29, 1.82) is 0 Å². The van der Waals surface area contributed by atoms with Crippen LogP contribution in [0.25, 0.3) is 0 Å². The third-order valence-electron chi connectivity index (χ3n) is 4.23. The van der Waals surface area contributed by atoms with Gasteiger partial charge in [0.1, 0.15) is 0 Å². The molecule has 1 heterocycles. The van der Waals surface area contributed by atoms with Crippen LogP contribution in [0.3, 0.4) is 0 Å². The maximum Gasteiger partial charge on any atom is 0.283 e. The minimum absolute atomic E-state index is 0. The quantitative estimate of drug-likeness (QED) is 0.376. The third-order valence-corrected chi connectivity index (χ3v) is 4.90. The van der Waals surface area contributed by atoms with E-state index in [-0.39, 0.29) is 41.5 Å². The highest BCUT2D eigenvalue weighted by Crippen LogP contribution is 2.33. The molecule has 0 saturated carbocycles. The number of nitrogens with one attached hydrogen (secondary N) is 1. The van der Waals surface area contributed by atoms with Gasteiger partial charge >= 0.3 is 0 Å². The lowest BCUT2D eigenvalue weighted by atomic mass is 9.97. The maximum atomic E-state index is 11.2. The molecule has 1 saturated heterocycles. The zero-order valence-corrected chi connectivity index (χ0v) is 17.1. The van der Waals surface area contributed by atoms with Crippen molar-refractivity contribution in [2.24, 2.45) is 0 Å². The molecule has 2 rings (SSSR count). The van der Waals surface area contributed by atoms with E-state index < -0.39 is 0 Å². The molecule has 1 aromatic rings. The van der Waals surface area contributed by atoms with E-state index in [2.05, 4.69) is 33.1 Å². The Hall–Kier alpha value is -0.400. The summed E-state index contributed by atoms with van der Waals surface area (Å²) in [5, 5.41) is 14.6. The Balaban J connectivity index is 0.00000264. The van der Waals surface area contributed by atoms with E-state index in [1.807, 2.05) is 12.1 Å². The van der Waals surface area contributed by atoms with Crippen LogP contribution in [0.4, 0.5) is 5.69 Å². The molecule has 8 heteroatoms. The van der Waals surface area contributed by atoms with Crippen molar-refractivity contribution in [2.45, 2.75) is 38.6 Å². The van der Waals surface area contributed by atoms with Gasteiger partial charge in [-0.25, -0.2) is 0 Å². The number of piperazine rings is 1. The zero-order chi connectivity index (χ0) is 15.9. The molecular weight excluding hydrogens is 417 g/mol. The van der Waals surface area contributed by atoms with Crippen molar-refractivity contribution in [1.82, 2.24) is 10.2 Å². The normalized spacial score (nSPS) is 15.9. The number of unbranched alkanes of at least 4 members (excludes halogenated alkanes) is 2. The Morgan fingerprint density at radius 1 is 1.29 bits per heavy atom. The number of hydrogen-bond donors (Lipinski definition) is 1. The van der Waals surface area contributed by atoms with E-state index in [4.69, 9.17) is 0 Å². The first-order valence-corrected chi connectivity index (χ1v) is 8.81. The summed E-state index contributed by atoms with van der Waals surface area (Å²) in [6.07, 6.45) is 4.62. The molecule has 0 amide bonds. The van der Waals surface area contributed by atoms with E-state index in [0.29, 0.717) is 4.47 Å². The van der Waals surface area contributed by atoms with Crippen LogP contribution in [0.15, 0.2) is 22.7 Å². The topological polar surface area (TPSA) is 58.4 Å². The van der Waals surface area contributed by atoms with Crippen LogP contribution in [-0.2, 0) is 0 Å². The number of nitro groups is 1. The summed E-state index contributed by atoms with van der Waals surface area (Å²) in [7, 11) is 0. The fourth-order valence-electron chi connectivity index (χ4n) is 3.02. The number of benzene rings is 1. The predicted octanol–water partition coefficient (Wildman–Crippen LogP) is 4.73. The van der Waals surface area contributed by atoms with E-state index in [9.17, 15) is 10.1 Å². The third kappa shape index (κ3) is 6.48. The average molecular weight is 443 g/mol. The molecule has 138 valence electrons. The summed E-state index contributed by atoms with van der Waals surface area (Å²) in [6.45, 7) is 6.18. The summed E-state index contributed by atoms with van der Waals surface area (Å²) >= 11 is 3.27. The van der Waals surface area contributed by atoms with Gasteiger partial charge in [0.25, 0.3) is 5.69 Å². The summed E-state index contributed by atoms with van der Waals surface area (Å²) < 4.78 is 0.550. The lowest BCUT2D eigenvalue weighted by molar-refractivity contribution is -0.385. The predicted molar refractivity (Wildman–Crippen MR) is 107 cm³/mol. The molecule has 0 radical (unpaired) electrons. The molecule has 0 aliphatic carbocycles. The average Bonchev–Trinajstić information content (AvgIpc) is 2.53. The first-order chi connectivity index (χ1) is 10.6. The summed E-state index contributed by atoms with van der Waals surface area (Å²) in [6, 6.07) is 5.85. The van der Waals surface area contributed by atoms with Crippen molar-refractivity contribution in [3.05, 3.63) is 38.3 Å². The molecule has 0 bridgehead atoms. The molecule has 1 atom stereocenters. The van der Waals surface area contributed by atoms with Crippen LogP contribution in [-0.4, -0.2) is 36.0 Å². The van der Waals surface area contributed by atoms with Gasteiger partial charge in [0, 0.05) is 38.3 Å². The van der Waals surface area contributed by atoms with Gasteiger partial charge in [-0.1, -0.05) is 32.3 Å². The fraction of sp³-hybridized carbons (Fsp3) is 0.625. The number of nitro benzene ring substituents is 1. The summed E-state index contributed by atoms with van der Waals surface area (Å²) in [4.78, 5) is 13.3. The molecular formula is C16H26BrCl2N3O2. The minimum atomic E-state index is -0.311. The van der Waals surface area contributed by atoms with Crippen molar-refractivity contribution in [2.75, 3.05) is 26.2 Å². The van der Waals surface area contributed by atoms with Gasteiger partial charge in [-0.3, -0.25) is 15.0 Å². The number of rotatable bonds is 7. The first-order valence-electron chi connectivity index (χ1n) is 8.02. The molecule has 1 aliphatic heterocycles. The Bertz CT molecular complexity index is 514. The smallest absolute Gasteiger partial charge is 0.283 e. The van der Waals surface area contributed by atoms with Crippen molar-refractivity contribution >= 4 is 46.4 Å². The van der Waals surface area contributed by atoms with E-state index in [1.54, 1.807) is 6.07 Å². The van der Waals surface area contributed by atoms with Crippen molar-refractivity contribution in [3.8, 4) is 0 Å². The minimum Gasteiger partial charge on any atom is -0.314 e. The second-order valence-corrected chi connectivity index (χ2v) is 6.62. The fourth-order valence-corrected chi connectivity index (χ4v) is 3.41. The Labute approximate surface area is 164 Å². The van der Waals surface area contributed by atoms with Gasteiger partial charge in [0.15, 0.2) is 0 Å². The molecule has 0 unspecified atom stereocenters. The van der Waals surface area contributed by atoms with Crippen molar-refractivity contribution in [3.63, 3.8) is 0 Å². The van der Waals surface area contributed by atoms with Crippen LogP contribution < -0.4 is 5.32 Å². The lowest BCUT2D eigenvalue weighted by Crippen LogP contribution is -2.45. The van der Waals surface area contributed by atoms with Gasteiger partial charge in [0.05, 0.1) is 9.40 Å². The SMILES string of the molecule is CCCCC[C@@H](c1ccc(Br)c([N+](=O)[O-])c1)N1CCNCC1.Cl.Cl. The van der Waals surface area contributed by atoms with Crippen LogP contribution in [0, 0.1) is 10.1 Å². The number of nitrogens with zero attached hydrogens (tertiary/aromatic N) is 2. The van der Waals surface area contributed by atoms with Gasteiger partial charge in [-0.2, -0.15) is 0 Å². The second kappa shape index (κ2) is 12.0. The van der Waals surface area contributed by atoms with E-state index in [0.717, 1.165) is 44.6 Å². The van der Waals surface area contributed by atoms with E-state index in [1.165, 1.54) is 12.8 Å². The van der Waals surface area contributed by atoms with Gasteiger partial charge < -0.3 is 5.32 Å². The molecule has 1 aliphatic rings. The standard InChI is InChI=1S/C16H24BrN3O2.2ClH/c1-2-3-4-5-15(19-10-8-18-9-11-19)13-6-7-14(17)16(12-13)20(21)22;;/h6-7,12,15,18H,2-5,8-11H2,1H3;2*1H/t15-;;/m0../s1. The van der Waals surface area contributed by atoms with Crippen LogP contribution in [0.5, 0.6) is 0 Å². The molecule has 24 heavy (non-hydrogen) atoms. The molecule has 5 nitrogen and oxygen atoms in total. The Morgan fingerprint density at radius 3 is 2.54 bits per heavy atom. The summed E-state index contributed by atoms with van der Waals surface area (Å²) in [5.74, 6) is 0. The van der Waals surface area contributed by atoms with Crippen LogP contribution >= 0.6 is 40.7 Å². The Morgan fingerprint density at radius 2 is 1.96 bits per heavy atom. The molecule has 1 N–H and O–H groups in total. The largest absolute Gasteiger partial charge is 0.314 e. The Kier molecular flexibility index (Phi) is 11.8. The second-order valence-electron chi connectivity index (χ2n) is 5.77.